The molecule has 1 unspecified atom stereocenters. The number of aryl methyl sites for hydroxylation is 3. The normalized spacial score (nSPS) is 16.6. The van der Waals surface area contributed by atoms with Gasteiger partial charge < -0.3 is 15.4 Å². The minimum absolute atomic E-state index is 0. The maximum absolute atomic E-state index is 5.11. The first kappa shape index (κ1) is 21.6. The van der Waals surface area contributed by atoms with Gasteiger partial charge in [0.2, 0.25) is 0 Å². The van der Waals surface area contributed by atoms with E-state index in [2.05, 4.69) is 37.0 Å². The van der Waals surface area contributed by atoms with Crippen LogP contribution in [-0.4, -0.2) is 57.2 Å². The Morgan fingerprint density at radius 1 is 1.44 bits per heavy atom. The number of nitrogens with one attached hydrogen (secondary N) is 2. The summed E-state index contributed by atoms with van der Waals surface area (Å²) >= 11 is 0. The van der Waals surface area contributed by atoms with Crippen molar-refractivity contribution < 1.29 is 4.74 Å². The van der Waals surface area contributed by atoms with Crippen LogP contribution in [0.15, 0.2) is 17.4 Å². The van der Waals surface area contributed by atoms with Crippen LogP contribution in [0.4, 0.5) is 0 Å². The summed E-state index contributed by atoms with van der Waals surface area (Å²) in [5, 5.41) is 15.6. The third-order valence-electron chi connectivity index (χ3n) is 4.43. The fourth-order valence-corrected chi connectivity index (χ4v) is 3.16. The van der Waals surface area contributed by atoms with E-state index in [0.29, 0.717) is 12.6 Å². The van der Waals surface area contributed by atoms with Crippen molar-refractivity contribution in [2.45, 2.75) is 44.9 Å². The van der Waals surface area contributed by atoms with E-state index >= 15 is 0 Å². The Labute approximate surface area is 177 Å². The van der Waals surface area contributed by atoms with Crippen LogP contribution in [0.3, 0.4) is 0 Å². The van der Waals surface area contributed by atoms with Gasteiger partial charge in [-0.2, -0.15) is 10.2 Å². The first-order valence-electron chi connectivity index (χ1n) is 9.04. The van der Waals surface area contributed by atoms with Crippen molar-refractivity contribution in [2.24, 2.45) is 12.0 Å². The van der Waals surface area contributed by atoms with Crippen LogP contribution in [0, 0.1) is 0 Å². The molecule has 9 nitrogen and oxygen atoms in total. The number of nitrogens with zero attached hydrogens (tertiary/aromatic N) is 6. The minimum atomic E-state index is 0. The SMILES string of the molecule is CN=C(NCCCc1cnn(C)c1)NC1CCc2nc(COC)nn2C1.I. The lowest BCUT2D eigenvalue weighted by Gasteiger charge is -2.25. The summed E-state index contributed by atoms with van der Waals surface area (Å²) < 4.78 is 8.93. The zero-order chi connectivity index (χ0) is 18.4. The van der Waals surface area contributed by atoms with E-state index in [4.69, 9.17) is 4.74 Å². The number of rotatable bonds is 7. The summed E-state index contributed by atoms with van der Waals surface area (Å²) in [4.78, 5) is 8.85. The van der Waals surface area contributed by atoms with Gasteiger partial charge in [-0.05, 0) is 24.8 Å². The Bertz CT molecular complexity index is 741. The zero-order valence-corrected chi connectivity index (χ0v) is 18.5. The van der Waals surface area contributed by atoms with Gasteiger partial charge in [-0.3, -0.25) is 9.67 Å². The van der Waals surface area contributed by atoms with Crippen LogP contribution < -0.4 is 10.6 Å². The third-order valence-corrected chi connectivity index (χ3v) is 4.43. The molecule has 1 aliphatic heterocycles. The minimum Gasteiger partial charge on any atom is -0.377 e. The molecule has 1 aliphatic rings. The van der Waals surface area contributed by atoms with Crippen molar-refractivity contribution in [1.29, 1.82) is 0 Å². The molecular formula is C17H29IN8O. The summed E-state index contributed by atoms with van der Waals surface area (Å²) in [7, 11) is 5.40. The molecule has 10 heteroatoms. The third kappa shape index (κ3) is 6.16. The van der Waals surface area contributed by atoms with Crippen molar-refractivity contribution in [3.63, 3.8) is 0 Å². The monoisotopic (exact) mass is 488 g/mol. The smallest absolute Gasteiger partial charge is 0.191 e. The number of hydrogen-bond acceptors (Lipinski definition) is 5. The second kappa shape index (κ2) is 10.6. The van der Waals surface area contributed by atoms with Crippen LogP contribution in [-0.2, 0) is 37.8 Å². The lowest BCUT2D eigenvalue weighted by atomic mass is 10.1. The van der Waals surface area contributed by atoms with Crippen LogP contribution in [0.1, 0.15) is 30.1 Å². The molecule has 27 heavy (non-hydrogen) atoms. The quantitative estimate of drug-likeness (QED) is 0.260. The molecular weight excluding hydrogens is 459 g/mol. The average Bonchev–Trinajstić information content (AvgIpc) is 3.23. The van der Waals surface area contributed by atoms with E-state index in [-0.39, 0.29) is 24.0 Å². The summed E-state index contributed by atoms with van der Waals surface area (Å²) in [5.74, 6) is 2.62. The van der Waals surface area contributed by atoms with E-state index in [1.54, 1.807) is 14.2 Å². The average molecular weight is 488 g/mol. The molecule has 0 bridgehead atoms. The number of hydrogen-bond donors (Lipinski definition) is 2. The fourth-order valence-electron chi connectivity index (χ4n) is 3.16. The predicted octanol–water partition coefficient (Wildman–Crippen LogP) is 0.889. The standard InChI is InChI=1S/C17H28N8O.HI/c1-18-17(19-8-4-5-13-9-20-24(2)10-13)21-14-6-7-16-22-15(12-26-3)23-25(16)11-14;/h9-10,14H,4-8,11-12H2,1-3H3,(H2,18,19,21);1H. The van der Waals surface area contributed by atoms with Gasteiger partial charge >= 0.3 is 0 Å². The van der Waals surface area contributed by atoms with Gasteiger partial charge in [0.15, 0.2) is 11.8 Å². The molecule has 0 saturated heterocycles. The Kier molecular flexibility index (Phi) is 8.48. The summed E-state index contributed by atoms with van der Waals surface area (Å²) in [6, 6.07) is 0.295. The first-order valence-corrected chi connectivity index (χ1v) is 9.04. The number of guanidine groups is 1. The largest absolute Gasteiger partial charge is 0.377 e. The Balaban J connectivity index is 0.00000261. The molecule has 3 heterocycles. The summed E-state index contributed by atoms with van der Waals surface area (Å²) in [5.41, 5.74) is 1.26. The first-order chi connectivity index (χ1) is 12.7. The Morgan fingerprint density at radius 2 is 2.30 bits per heavy atom. The summed E-state index contributed by atoms with van der Waals surface area (Å²) in [6.07, 6.45) is 7.94. The number of aromatic nitrogens is 5. The molecule has 2 aromatic rings. The maximum atomic E-state index is 5.11. The Hall–Kier alpha value is -1.69. The molecule has 0 aliphatic carbocycles. The second-order valence-electron chi connectivity index (χ2n) is 6.56. The summed E-state index contributed by atoms with van der Waals surface area (Å²) in [6.45, 7) is 2.12. The molecule has 3 rings (SSSR count). The van der Waals surface area contributed by atoms with Crippen molar-refractivity contribution in [1.82, 2.24) is 35.2 Å². The molecule has 150 valence electrons. The molecule has 0 fully saturated rings. The molecule has 0 amide bonds. The topological polar surface area (TPSA) is 94.2 Å². The lowest BCUT2D eigenvalue weighted by molar-refractivity contribution is 0.177. The predicted molar refractivity (Wildman–Crippen MR) is 114 cm³/mol. The van der Waals surface area contributed by atoms with Crippen molar-refractivity contribution in [2.75, 3.05) is 20.7 Å². The van der Waals surface area contributed by atoms with Crippen LogP contribution in [0.5, 0.6) is 0 Å². The lowest BCUT2D eigenvalue weighted by Crippen LogP contribution is -2.47. The zero-order valence-electron chi connectivity index (χ0n) is 16.2. The van der Waals surface area contributed by atoms with Crippen molar-refractivity contribution in [3.05, 3.63) is 29.6 Å². The number of halogens is 1. The van der Waals surface area contributed by atoms with Crippen molar-refractivity contribution in [3.8, 4) is 0 Å². The van der Waals surface area contributed by atoms with Crippen LogP contribution >= 0.6 is 24.0 Å². The van der Waals surface area contributed by atoms with Gasteiger partial charge in [0.1, 0.15) is 12.4 Å². The highest BCUT2D eigenvalue weighted by molar-refractivity contribution is 14.0. The van der Waals surface area contributed by atoms with Gasteiger partial charge in [-0.1, -0.05) is 0 Å². The molecule has 0 radical (unpaired) electrons. The van der Waals surface area contributed by atoms with E-state index in [0.717, 1.165) is 56.4 Å². The molecule has 0 aromatic carbocycles. The molecule has 2 N–H and O–H groups in total. The van der Waals surface area contributed by atoms with Gasteiger partial charge in [0.05, 0.1) is 12.7 Å². The van der Waals surface area contributed by atoms with E-state index < -0.39 is 0 Å². The van der Waals surface area contributed by atoms with Gasteiger partial charge in [0, 0.05) is 46.4 Å². The fraction of sp³-hybridized carbons (Fsp3) is 0.647. The van der Waals surface area contributed by atoms with Gasteiger partial charge in [0.25, 0.3) is 0 Å². The Morgan fingerprint density at radius 3 is 3.00 bits per heavy atom. The number of ether oxygens (including phenoxy) is 1. The van der Waals surface area contributed by atoms with E-state index in [9.17, 15) is 0 Å². The molecule has 0 saturated carbocycles. The molecule has 2 aromatic heterocycles. The number of methoxy groups -OCH3 is 1. The highest BCUT2D eigenvalue weighted by Gasteiger charge is 2.22. The highest BCUT2D eigenvalue weighted by Crippen LogP contribution is 2.13. The van der Waals surface area contributed by atoms with E-state index in [1.165, 1.54) is 5.56 Å². The van der Waals surface area contributed by atoms with E-state index in [1.807, 2.05) is 22.6 Å². The maximum Gasteiger partial charge on any atom is 0.191 e. The second-order valence-corrected chi connectivity index (χ2v) is 6.56. The van der Waals surface area contributed by atoms with Gasteiger partial charge in [-0.25, -0.2) is 9.67 Å². The molecule has 1 atom stereocenters. The van der Waals surface area contributed by atoms with Crippen LogP contribution in [0.25, 0.3) is 0 Å². The van der Waals surface area contributed by atoms with Crippen LogP contribution in [0.2, 0.25) is 0 Å². The molecule has 0 spiro atoms. The highest BCUT2D eigenvalue weighted by atomic mass is 127. The van der Waals surface area contributed by atoms with Gasteiger partial charge in [-0.15, -0.1) is 24.0 Å². The number of aliphatic imine (C=N–C) groups is 1. The van der Waals surface area contributed by atoms with Crippen molar-refractivity contribution >= 4 is 29.9 Å². The number of fused-ring (bicyclic) bond motifs is 1.